The van der Waals surface area contributed by atoms with Gasteiger partial charge >= 0.3 is 0 Å². The topological polar surface area (TPSA) is 74.8 Å². The summed E-state index contributed by atoms with van der Waals surface area (Å²) in [5.41, 5.74) is 0. The minimum absolute atomic E-state index is 0.00400. The van der Waals surface area contributed by atoms with Crippen LogP contribution in [0.2, 0.25) is 0 Å². The van der Waals surface area contributed by atoms with Crippen LogP contribution in [-0.2, 0) is 19.9 Å². The number of hydrogen-bond acceptors (Lipinski definition) is 5. The molecule has 0 atom stereocenters. The van der Waals surface area contributed by atoms with Crippen LogP contribution >= 0.6 is 0 Å². The van der Waals surface area contributed by atoms with Gasteiger partial charge < -0.3 is 4.90 Å². The van der Waals surface area contributed by atoms with E-state index in [-0.39, 0.29) is 23.7 Å². The van der Waals surface area contributed by atoms with E-state index >= 15 is 0 Å². The molecule has 0 N–H and O–H groups in total. The molecule has 0 unspecified atom stereocenters. The molecule has 1 saturated heterocycles. The summed E-state index contributed by atoms with van der Waals surface area (Å²) in [6.07, 6.45) is 0.409. The lowest BCUT2D eigenvalue weighted by molar-refractivity contribution is 0.188. The van der Waals surface area contributed by atoms with Crippen LogP contribution in [0.5, 0.6) is 0 Å². The highest BCUT2D eigenvalue weighted by Crippen LogP contribution is 2.23. The van der Waals surface area contributed by atoms with Crippen molar-refractivity contribution in [3.8, 4) is 0 Å². The largest absolute Gasteiger partial charge is 0.301 e. The first-order valence-electron chi connectivity index (χ1n) is 9.16. The van der Waals surface area contributed by atoms with E-state index in [1.165, 1.54) is 0 Å². The van der Waals surface area contributed by atoms with Crippen LogP contribution in [0.1, 0.15) is 6.42 Å². The first-order valence-corrected chi connectivity index (χ1v) is 12.3. The van der Waals surface area contributed by atoms with E-state index in [0.717, 1.165) is 22.5 Å². The highest BCUT2D eigenvalue weighted by atomic mass is 32.2. The quantitative estimate of drug-likeness (QED) is 0.654. The summed E-state index contributed by atoms with van der Waals surface area (Å²) in [7, 11) is -7.62. The maximum atomic E-state index is 13.9. The van der Waals surface area contributed by atoms with Gasteiger partial charge in [-0.05, 0) is 37.2 Å². The van der Waals surface area contributed by atoms with Gasteiger partial charge in [0.15, 0.2) is 14.7 Å². The summed E-state index contributed by atoms with van der Waals surface area (Å²) in [5.74, 6) is -2.23. The van der Waals surface area contributed by atoms with E-state index in [1.54, 1.807) is 30.3 Å². The molecule has 0 aliphatic carbocycles. The number of hydrogen-bond donors (Lipinski definition) is 0. The zero-order valence-corrected chi connectivity index (χ0v) is 17.3. The van der Waals surface area contributed by atoms with E-state index in [2.05, 4.69) is 0 Å². The number of nitrogens with zero attached hydrogens (tertiary/aromatic N) is 2. The van der Waals surface area contributed by atoms with Gasteiger partial charge in [-0.3, -0.25) is 0 Å². The Balaban J connectivity index is 1.55. The van der Waals surface area contributed by atoms with Gasteiger partial charge in [0.2, 0.25) is 10.0 Å². The van der Waals surface area contributed by atoms with Crippen molar-refractivity contribution in [2.24, 2.45) is 0 Å². The second-order valence-electron chi connectivity index (χ2n) is 6.78. The Labute approximate surface area is 169 Å². The molecule has 0 aromatic heterocycles. The monoisotopic (exact) mass is 444 g/mol. The molecule has 0 radical (unpaired) electrons. The van der Waals surface area contributed by atoms with Gasteiger partial charge in [0.1, 0.15) is 11.6 Å². The van der Waals surface area contributed by atoms with E-state index < -0.39 is 36.4 Å². The van der Waals surface area contributed by atoms with Gasteiger partial charge in [-0.25, -0.2) is 25.6 Å². The number of sulfonamides is 1. The SMILES string of the molecule is O=S(=O)(CCCN1CCN(S(=O)(=O)c2c(F)cccc2F)CC1)c1ccccc1. The molecule has 10 heteroatoms. The minimum atomic E-state index is -4.27. The van der Waals surface area contributed by atoms with Crippen LogP contribution in [0.4, 0.5) is 8.78 Å². The van der Waals surface area contributed by atoms with Crippen molar-refractivity contribution < 1.29 is 25.6 Å². The van der Waals surface area contributed by atoms with Crippen molar-refractivity contribution >= 4 is 19.9 Å². The van der Waals surface area contributed by atoms with Crippen LogP contribution in [0, 0.1) is 11.6 Å². The Kier molecular flexibility index (Phi) is 6.67. The van der Waals surface area contributed by atoms with Gasteiger partial charge in [0.25, 0.3) is 0 Å². The summed E-state index contributed by atoms with van der Waals surface area (Å²) in [5, 5.41) is 0. The molecule has 2 aromatic carbocycles. The third-order valence-corrected chi connectivity index (χ3v) is 8.61. The Morgan fingerprint density at radius 2 is 1.38 bits per heavy atom. The summed E-state index contributed by atoms with van der Waals surface area (Å²) in [6.45, 7) is 1.39. The molecule has 1 aliphatic rings. The second kappa shape index (κ2) is 8.86. The number of piperazine rings is 1. The number of halogens is 2. The zero-order chi connectivity index (χ0) is 21.1. The number of rotatable bonds is 7. The number of benzene rings is 2. The van der Waals surface area contributed by atoms with Crippen molar-refractivity contribution in [1.82, 2.24) is 9.21 Å². The predicted octanol–water partition coefficient (Wildman–Crippen LogP) is 2.14. The van der Waals surface area contributed by atoms with Crippen LogP contribution in [0.15, 0.2) is 58.3 Å². The summed E-state index contributed by atoms with van der Waals surface area (Å²) in [4.78, 5) is 1.30. The van der Waals surface area contributed by atoms with Crippen LogP contribution < -0.4 is 0 Å². The standard InChI is InChI=1S/C19H22F2N2O4S2/c20-17-8-4-9-18(21)19(17)29(26,27)23-13-11-22(12-14-23)10-5-15-28(24,25)16-6-2-1-3-7-16/h1-4,6-9H,5,10-15H2. The van der Waals surface area contributed by atoms with E-state index in [1.807, 2.05) is 4.90 Å². The lowest BCUT2D eigenvalue weighted by Gasteiger charge is -2.34. The fraction of sp³-hybridized carbons (Fsp3) is 0.368. The molecule has 158 valence electrons. The van der Waals surface area contributed by atoms with E-state index in [9.17, 15) is 25.6 Å². The van der Waals surface area contributed by atoms with Gasteiger partial charge in [-0.1, -0.05) is 24.3 Å². The molecule has 2 aromatic rings. The first kappa shape index (κ1) is 21.8. The maximum Gasteiger partial charge on any atom is 0.249 e. The first-order chi connectivity index (χ1) is 13.7. The molecule has 1 heterocycles. The molecule has 0 spiro atoms. The van der Waals surface area contributed by atoms with Crippen molar-refractivity contribution in [2.75, 3.05) is 38.5 Å². The summed E-state index contributed by atoms with van der Waals surface area (Å²) >= 11 is 0. The molecule has 1 fully saturated rings. The van der Waals surface area contributed by atoms with E-state index in [0.29, 0.717) is 26.1 Å². The third kappa shape index (κ3) is 5.00. The van der Waals surface area contributed by atoms with Gasteiger partial charge in [0, 0.05) is 26.2 Å². The maximum absolute atomic E-state index is 13.9. The fourth-order valence-corrected chi connectivity index (χ4v) is 6.12. The van der Waals surface area contributed by atoms with Gasteiger partial charge in [-0.15, -0.1) is 0 Å². The zero-order valence-electron chi connectivity index (χ0n) is 15.7. The van der Waals surface area contributed by atoms with Crippen LogP contribution in [0.25, 0.3) is 0 Å². The number of sulfone groups is 1. The van der Waals surface area contributed by atoms with Crippen molar-refractivity contribution in [2.45, 2.75) is 16.2 Å². The Morgan fingerprint density at radius 1 is 0.793 bits per heavy atom. The highest BCUT2D eigenvalue weighted by molar-refractivity contribution is 7.91. The molecular weight excluding hydrogens is 422 g/mol. The molecule has 29 heavy (non-hydrogen) atoms. The van der Waals surface area contributed by atoms with E-state index in [4.69, 9.17) is 0 Å². The van der Waals surface area contributed by atoms with Crippen molar-refractivity contribution in [3.05, 3.63) is 60.2 Å². The molecule has 1 aliphatic heterocycles. The van der Waals surface area contributed by atoms with Crippen molar-refractivity contribution in [3.63, 3.8) is 0 Å². The highest BCUT2D eigenvalue weighted by Gasteiger charge is 2.33. The minimum Gasteiger partial charge on any atom is -0.301 e. The van der Waals surface area contributed by atoms with Crippen LogP contribution in [-0.4, -0.2) is 64.5 Å². The lowest BCUT2D eigenvalue weighted by Crippen LogP contribution is -2.49. The summed E-state index contributed by atoms with van der Waals surface area (Å²) < 4.78 is 78.6. The van der Waals surface area contributed by atoms with Crippen molar-refractivity contribution in [1.29, 1.82) is 0 Å². The Bertz CT molecular complexity index is 1030. The molecule has 6 nitrogen and oxygen atoms in total. The third-order valence-electron chi connectivity index (χ3n) is 4.84. The lowest BCUT2D eigenvalue weighted by atomic mass is 10.3. The molecular formula is C19H22F2N2O4S2. The Morgan fingerprint density at radius 3 is 1.97 bits per heavy atom. The molecule has 3 rings (SSSR count). The summed E-state index contributed by atoms with van der Waals surface area (Å²) in [6, 6.07) is 11.2. The average Bonchev–Trinajstić information content (AvgIpc) is 2.69. The second-order valence-corrected chi connectivity index (χ2v) is 10.8. The molecule has 0 bridgehead atoms. The van der Waals surface area contributed by atoms with Gasteiger partial charge in [-0.2, -0.15) is 4.31 Å². The Hall–Kier alpha value is -1.88. The normalized spacial score (nSPS) is 16.8. The molecule has 0 amide bonds. The predicted molar refractivity (Wildman–Crippen MR) is 105 cm³/mol. The van der Waals surface area contributed by atoms with Gasteiger partial charge in [0.05, 0.1) is 10.6 Å². The average molecular weight is 445 g/mol. The fourth-order valence-electron chi connectivity index (χ4n) is 3.28. The smallest absolute Gasteiger partial charge is 0.249 e. The van der Waals surface area contributed by atoms with Crippen LogP contribution in [0.3, 0.4) is 0 Å². The molecule has 0 saturated carbocycles.